The molecule has 1 unspecified atom stereocenters. The molecule has 5 rings (SSSR count). The molecule has 0 radical (unpaired) electrons. The van der Waals surface area contributed by atoms with Crippen molar-refractivity contribution in [2.75, 3.05) is 25.5 Å². The van der Waals surface area contributed by atoms with Gasteiger partial charge in [-0.15, -0.1) is 0 Å². The van der Waals surface area contributed by atoms with E-state index in [2.05, 4.69) is 39.3 Å². The summed E-state index contributed by atoms with van der Waals surface area (Å²) in [6.45, 7) is 5.34. The number of carbonyl (C=O) groups is 1. The first-order valence-corrected chi connectivity index (χ1v) is 12.6. The zero-order valence-electron chi connectivity index (χ0n) is 21.6. The molecule has 10 nitrogen and oxygen atoms in total. The van der Waals surface area contributed by atoms with Crippen molar-refractivity contribution < 1.29 is 14.6 Å². The van der Waals surface area contributed by atoms with Crippen LogP contribution >= 0.6 is 0 Å². The average Bonchev–Trinajstić information content (AvgIpc) is 2.92. The first-order valence-electron chi connectivity index (χ1n) is 12.6. The molecule has 1 aliphatic rings. The summed E-state index contributed by atoms with van der Waals surface area (Å²) in [4.78, 5) is 42.2. The molecule has 10 heteroatoms. The number of aromatic amines is 1. The monoisotopic (exact) mass is 514 g/mol. The number of fused-ring (bicyclic) bond motifs is 1. The molecule has 0 aliphatic carbocycles. The molecule has 196 valence electrons. The third-order valence-electron chi connectivity index (χ3n) is 7.25. The van der Waals surface area contributed by atoms with Gasteiger partial charge in [-0.3, -0.25) is 19.5 Å². The molecule has 0 bridgehead atoms. The van der Waals surface area contributed by atoms with Crippen LogP contribution in [0.4, 0.5) is 11.5 Å². The maximum Gasteiger partial charge on any atom is 0.320 e. The lowest BCUT2D eigenvalue weighted by Gasteiger charge is -2.35. The minimum atomic E-state index is -0.780. The van der Waals surface area contributed by atoms with Gasteiger partial charge in [0.1, 0.15) is 17.6 Å². The molecule has 1 fully saturated rings. The van der Waals surface area contributed by atoms with E-state index in [4.69, 9.17) is 9.72 Å². The van der Waals surface area contributed by atoms with Crippen LogP contribution in [0.3, 0.4) is 0 Å². The second kappa shape index (κ2) is 10.6. The number of benzene rings is 1. The van der Waals surface area contributed by atoms with Crippen molar-refractivity contribution >= 4 is 28.2 Å². The van der Waals surface area contributed by atoms with E-state index in [1.54, 1.807) is 19.3 Å². The minimum absolute atomic E-state index is 0.239. The highest BCUT2D eigenvalue weighted by Gasteiger charge is 2.27. The van der Waals surface area contributed by atoms with Crippen molar-refractivity contribution in [1.29, 1.82) is 0 Å². The van der Waals surface area contributed by atoms with Crippen molar-refractivity contribution in [1.82, 2.24) is 24.8 Å². The summed E-state index contributed by atoms with van der Waals surface area (Å²) in [6.07, 6.45) is 6.56. The van der Waals surface area contributed by atoms with Crippen LogP contribution in [-0.2, 0) is 4.79 Å². The highest BCUT2D eigenvalue weighted by atomic mass is 16.5. The van der Waals surface area contributed by atoms with Crippen LogP contribution in [0.15, 0.2) is 53.7 Å². The number of aryl methyl sites for hydroxylation is 1. The molecule has 4 heterocycles. The third-order valence-corrected chi connectivity index (χ3v) is 7.25. The summed E-state index contributed by atoms with van der Waals surface area (Å²) in [5.41, 5.74) is 4.06. The number of piperidine rings is 1. The van der Waals surface area contributed by atoms with E-state index in [0.29, 0.717) is 34.4 Å². The van der Waals surface area contributed by atoms with Gasteiger partial charge < -0.3 is 20.1 Å². The standard InChI is InChI=1S/C28H30N6O4/c1-16-12-20(4-5-21(16)18-7-10-34(11-8-18)17(2)28(36)37)31-26-25-19(6-9-30-27(25)35)13-22(33-26)23-14-29-15-24(32-23)38-3/h4-6,9,12-15,17-18H,7-8,10-11H2,1-3H3,(H,30,35)(H,31,33)(H,36,37). The second-order valence-electron chi connectivity index (χ2n) is 9.59. The Hall–Kier alpha value is -4.31. The van der Waals surface area contributed by atoms with Gasteiger partial charge in [0, 0.05) is 11.9 Å². The molecule has 4 aromatic rings. The van der Waals surface area contributed by atoms with Crippen LogP contribution in [-0.4, -0.2) is 62.2 Å². The highest BCUT2D eigenvalue weighted by Crippen LogP contribution is 2.33. The van der Waals surface area contributed by atoms with E-state index in [-0.39, 0.29) is 5.56 Å². The molecule has 1 saturated heterocycles. The van der Waals surface area contributed by atoms with Gasteiger partial charge >= 0.3 is 5.97 Å². The number of nitrogens with zero attached hydrogens (tertiary/aromatic N) is 4. The molecular formula is C28H30N6O4. The highest BCUT2D eigenvalue weighted by molar-refractivity contribution is 5.94. The Balaban J connectivity index is 1.43. The van der Waals surface area contributed by atoms with Crippen molar-refractivity contribution in [2.24, 2.45) is 0 Å². The fourth-order valence-corrected chi connectivity index (χ4v) is 5.11. The first kappa shape index (κ1) is 25.3. The normalized spacial score (nSPS) is 15.3. The van der Waals surface area contributed by atoms with Gasteiger partial charge in [0.2, 0.25) is 5.88 Å². The molecule has 3 N–H and O–H groups in total. The Kier molecular flexibility index (Phi) is 7.06. The lowest BCUT2D eigenvalue weighted by Crippen LogP contribution is -2.43. The van der Waals surface area contributed by atoms with E-state index in [1.165, 1.54) is 18.9 Å². The maximum absolute atomic E-state index is 12.8. The van der Waals surface area contributed by atoms with Crippen LogP contribution in [0.25, 0.3) is 22.2 Å². The summed E-state index contributed by atoms with van der Waals surface area (Å²) in [5, 5.41) is 13.8. The fraction of sp³-hybridized carbons (Fsp3) is 0.321. The topological polar surface area (TPSA) is 133 Å². The number of aliphatic carboxylic acids is 1. The van der Waals surface area contributed by atoms with Gasteiger partial charge in [-0.25, -0.2) is 9.97 Å². The summed E-state index contributed by atoms with van der Waals surface area (Å²) in [6, 6.07) is 9.34. The number of methoxy groups -OCH3 is 1. The largest absolute Gasteiger partial charge is 0.480 e. The van der Waals surface area contributed by atoms with E-state index < -0.39 is 12.0 Å². The molecule has 3 aromatic heterocycles. The summed E-state index contributed by atoms with van der Waals surface area (Å²) in [5.74, 6) is 0.391. The van der Waals surface area contributed by atoms with E-state index in [1.807, 2.05) is 23.1 Å². The summed E-state index contributed by atoms with van der Waals surface area (Å²) >= 11 is 0. The Morgan fingerprint density at radius 2 is 1.95 bits per heavy atom. The number of carboxylic acid groups (broad SMARTS) is 1. The van der Waals surface area contributed by atoms with Crippen LogP contribution in [0, 0.1) is 6.92 Å². The average molecular weight is 515 g/mol. The molecule has 38 heavy (non-hydrogen) atoms. The van der Waals surface area contributed by atoms with Gasteiger partial charge in [-0.2, -0.15) is 0 Å². The Morgan fingerprint density at radius 1 is 1.16 bits per heavy atom. The van der Waals surface area contributed by atoms with E-state index in [9.17, 15) is 14.7 Å². The van der Waals surface area contributed by atoms with Gasteiger partial charge in [-0.1, -0.05) is 6.07 Å². The van der Waals surface area contributed by atoms with Crippen LogP contribution < -0.4 is 15.6 Å². The van der Waals surface area contributed by atoms with Gasteiger partial charge in [-0.05, 0) is 86.5 Å². The van der Waals surface area contributed by atoms with Crippen LogP contribution in [0.5, 0.6) is 5.88 Å². The summed E-state index contributed by atoms with van der Waals surface area (Å²) < 4.78 is 5.21. The Labute approximate surface area is 219 Å². The predicted molar refractivity (Wildman–Crippen MR) is 145 cm³/mol. The second-order valence-corrected chi connectivity index (χ2v) is 9.59. The van der Waals surface area contributed by atoms with Gasteiger partial charge in [0.05, 0.1) is 30.6 Å². The van der Waals surface area contributed by atoms with Crippen molar-refractivity contribution in [3.8, 4) is 17.3 Å². The van der Waals surface area contributed by atoms with Crippen molar-refractivity contribution in [3.63, 3.8) is 0 Å². The van der Waals surface area contributed by atoms with E-state index >= 15 is 0 Å². The number of rotatable bonds is 7. The number of ether oxygens (including phenoxy) is 1. The Bertz CT molecular complexity index is 1540. The minimum Gasteiger partial charge on any atom is -0.480 e. The number of hydrogen-bond donors (Lipinski definition) is 3. The molecule has 0 spiro atoms. The zero-order chi connectivity index (χ0) is 26.8. The van der Waals surface area contributed by atoms with E-state index in [0.717, 1.165) is 42.6 Å². The number of pyridine rings is 2. The van der Waals surface area contributed by atoms with Gasteiger partial charge in [0.25, 0.3) is 5.56 Å². The fourth-order valence-electron chi connectivity index (χ4n) is 5.11. The van der Waals surface area contributed by atoms with Crippen LogP contribution in [0.1, 0.15) is 36.8 Å². The molecule has 1 aromatic carbocycles. The SMILES string of the molecule is COc1cncc(-c2cc3cc[nH]c(=O)c3c(Nc3ccc(C4CCN(C(C)C(=O)O)CC4)c(C)c3)n2)n1. The third kappa shape index (κ3) is 5.08. The quantitative estimate of drug-likeness (QED) is 0.333. The molecule has 0 amide bonds. The molecule has 0 saturated carbocycles. The number of nitrogens with one attached hydrogen (secondary N) is 2. The predicted octanol–water partition coefficient (Wildman–Crippen LogP) is 4.09. The molecular weight excluding hydrogens is 484 g/mol. The number of anilines is 2. The number of H-pyrrole nitrogens is 1. The number of aromatic nitrogens is 4. The van der Waals surface area contributed by atoms with Crippen molar-refractivity contribution in [3.05, 3.63) is 70.4 Å². The molecule has 1 atom stereocenters. The van der Waals surface area contributed by atoms with Crippen LogP contribution in [0.2, 0.25) is 0 Å². The number of hydrogen-bond acceptors (Lipinski definition) is 8. The lowest BCUT2D eigenvalue weighted by atomic mass is 9.86. The van der Waals surface area contributed by atoms with Gasteiger partial charge in [0.15, 0.2) is 0 Å². The Morgan fingerprint density at radius 3 is 2.66 bits per heavy atom. The van der Waals surface area contributed by atoms with Crippen molar-refractivity contribution in [2.45, 2.75) is 38.6 Å². The zero-order valence-corrected chi connectivity index (χ0v) is 21.6. The summed E-state index contributed by atoms with van der Waals surface area (Å²) in [7, 11) is 1.53. The smallest absolute Gasteiger partial charge is 0.320 e. The lowest BCUT2D eigenvalue weighted by molar-refractivity contribution is -0.143. The molecule has 1 aliphatic heterocycles. The number of likely N-dealkylation sites (tertiary alicyclic amines) is 1. The first-order chi connectivity index (χ1) is 18.3. The maximum atomic E-state index is 12.8. The number of carboxylic acids is 1.